The monoisotopic (exact) mass is 356 g/mol. The van der Waals surface area contributed by atoms with E-state index in [9.17, 15) is 4.79 Å². The molecule has 0 aliphatic carbocycles. The summed E-state index contributed by atoms with van der Waals surface area (Å²) in [5, 5.41) is 17.1. The Hall–Kier alpha value is -2.94. The molecule has 0 aliphatic rings. The molecule has 0 spiro atoms. The summed E-state index contributed by atoms with van der Waals surface area (Å²) in [7, 11) is 1.32. The number of hydrogen-bond acceptors (Lipinski definition) is 7. The molecule has 8 nitrogen and oxygen atoms in total. The van der Waals surface area contributed by atoms with Gasteiger partial charge < -0.3 is 4.74 Å². The van der Waals surface area contributed by atoms with Crippen LogP contribution in [0.3, 0.4) is 0 Å². The van der Waals surface area contributed by atoms with E-state index in [1.54, 1.807) is 27.8 Å². The van der Waals surface area contributed by atoms with Gasteiger partial charge in [-0.05, 0) is 18.6 Å². The predicted molar refractivity (Wildman–Crippen MR) is 93.6 cm³/mol. The Kier molecular flexibility index (Phi) is 5.24. The van der Waals surface area contributed by atoms with Gasteiger partial charge in [-0.2, -0.15) is 14.9 Å². The second kappa shape index (κ2) is 7.75. The molecular formula is C16H16N6O2S. The molecule has 2 heterocycles. The molecule has 0 bridgehead atoms. The number of methoxy groups -OCH3 is 1. The van der Waals surface area contributed by atoms with Crippen molar-refractivity contribution in [1.29, 1.82) is 0 Å². The number of hydrogen-bond donors (Lipinski definition) is 0. The molecule has 0 atom stereocenters. The second-order valence-corrected chi connectivity index (χ2v) is 6.03. The van der Waals surface area contributed by atoms with Gasteiger partial charge in [0, 0.05) is 6.20 Å². The van der Waals surface area contributed by atoms with Crippen LogP contribution in [0.4, 0.5) is 0 Å². The molecule has 25 heavy (non-hydrogen) atoms. The Balaban J connectivity index is 1.64. The maximum atomic E-state index is 11.4. The fourth-order valence-electron chi connectivity index (χ4n) is 1.95. The van der Waals surface area contributed by atoms with E-state index in [2.05, 4.69) is 25.1 Å². The number of benzene rings is 1. The summed E-state index contributed by atoms with van der Waals surface area (Å²) in [6, 6.07) is 9.65. The summed E-state index contributed by atoms with van der Waals surface area (Å²) in [5.41, 5.74) is 2.45. The van der Waals surface area contributed by atoms with Crippen LogP contribution in [0.1, 0.15) is 21.6 Å². The van der Waals surface area contributed by atoms with Gasteiger partial charge in [-0.15, -0.1) is 10.2 Å². The zero-order chi connectivity index (χ0) is 17.6. The highest BCUT2D eigenvalue weighted by atomic mass is 32.2. The van der Waals surface area contributed by atoms with E-state index in [4.69, 9.17) is 0 Å². The lowest BCUT2D eigenvalue weighted by atomic mass is 10.2. The number of rotatable bonds is 6. The van der Waals surface area contributed by atoms with Crippen molar-refractivity contribution in [2.75, 3.05) is 7.11 Å². The van der Waals surface area contributed by atoms with E-state index < -0.39 is 5.97 Å². The average molecular weight is 356 g/mol. The van der Waals surface area contributed by atoms with Gasteiger partial charge in [0.05, 0.1) is 19.2 Å². The zero-order valence-corrected chi connectivity index (χ0v) is 14.6. The minimum absolute atomic E-state index is 0.266. The summed E-state index contributed by atoms with van der Waals surface area (Å²) in [6.45, 7) is 2.04. The van der Waals surface area contributed by atoms with Gasteiger partial charge in [-0.3, -0.25) is 4.68 Å². The van der Waals surface area contributed by atoms with Crippen LogP contribution >= 0.6 is 11.8 Å². The van der Waals surface area contributed by atoms with E-state index in [0.717, 1.165) is 5.56 Å². The summed E-state index contributed by atoms with van der Waals surface area (Å²) in [5.74, 6) is 0.00468. The lowest BCUT2D eigenvalue weighted by Gasteiger charge is -2.01. The molecule has 0 unspecified atom stereocenters. The van der Waals surface area contributed by atoms with Gasteiger partial charge in [0.25, 0.3) is 0 Å². The highest BCUT2D eigenvalue weighted by molar-refractivity contribution is 7.98. The number of thioether (sulfide) groups is 1. The number of ether oxygens (including phenoxy) is 1. The van der Waals surface area contributed by atoms with E-state index in [0.29, 0.717) is 11.0 Å². The average Bonchev–Trinajstić information content (AvgIpc) is 3.28. The van der Waals surface area contributed by atoms with Gasteiger partial charge >= 0.3 is 5.97 Å². The van der Waals surface area contributed by atoms with Crippen molar-refractivity contribution >= 4 is 23.9 Å². The fourth-order valence-corrected chi connectivity index (χ4v) is 2.67. The van der Waals surface area contributed by atoms with Crippen molar-refractivity contribution in [3.8, 4) is 0 Å². The normalized spacial score (nSPS) is 11.1. The maximum absolute atomic E-state index is 11.4. The smallest absolute Gasteiger partial charge is 0.358 e. The van der Waals surface area contributed by atoms with E-state index in [1.807, 2.05) is 31.2 Å². The Morgan fingerprint density at radius 2 is 2.12 bits per heavy atom. The molecule has 0 saturated carbocycles. The minimum Gasteiger partial charge on any atom is -0.464 e. The van der Waals surface area contributed by atoms with Crippen molar-refractivity contribution in [3.05, 3.63) is 59.7 Å². The summed E-state index contributed by atoms with van der Waals surface area (Å²) < 4.78 is 7.85. The van der Waals surface area contributed by atoms with Crippen LogP contribution < -0.4 is 0 Å². The first-order chi connectivity index (χ1) is 12.2. The van der Waals surface area contributed by atoms with E-state index >= 15 is 0 Å². The van der Waals surface area contributed by atoms with Crippen LogP contribution in [0.2, 0.25) is 0 Å². The second-order valence-electron chi connectivity index (χ2n) is 5.12. The highest BCUT2D eigenvalue weighted by Gasteiger charge is 2.10. The molecule has 1 aromatic carbocycles. The Bertz CT molecular complexity index is 884. The molecule has 0 fully saturated rings. The van der Waals surface area contributed by atoms with Crippen LogP contribution in [-0.2, 0) is 10.6 Å². The van der Waals surface area contributed by atoms with Gasteiger partial charge in [0.2, 0.25) is 5.16 Å². The summed E-state index contributed by atoms with van der Waals surface area (Å²) in [6.07, 6.45) is 4.99. The first kappa shape index (κ1) is 16.9. The Morgan fingerprint density at radius 3 is 2.88 bits per heavy atom. The van der Waals surface area contributed by atoms with Crippen molar-refractivity contribution in [3.63, 3.8) is 0 Å². The molecule has 0 N–H and O–H groups in total. The van der Waals surface area contributed by atoms with Crippen LogP contribution in [0.5, 0.6) is 0 Å². The third kappa shape index (κ3) is 4.32. The molecule has 128 valence electrons. The fraction of sp³-hybridized carbons (Fsp3) is 0.188. The van der Waals surface area contributed by atoms with Crippen LogP contribution in [0.15, 0.2) is 53.1 Å². The molecule has 0 amide bonds. The van der Waals surface area contributed by atoms with Gasteiger partial charge in [0.15, 0.2) is 5.69 Å². The summed E-state index contributed by atoms with van der Waals surface area (Å²) in [4.78, 5) is 11.4. The number of nitrogens with zero attached hydrogens (tertiary/aromatic N) is 6. The number of carbonyl (C=O) groups excluding carboxylic acids is 1. The minimum atomic E-state index is -0.463. The van der Waals surface area contributed by atoms with E-state index in [-0.39, 0.29) is 5.69 Å². The lowest BCUT2D eigenvalue weighted by molar-refractivity contribution is 0.0593. The van der Waals surface area contributed by atoms with Crippen molar-refractivity contribution in [2.24, 2.45) is 5.10 Å². The molecule has 0 aliphatic heterocycles. The van der Waals surface area contributed by atoms with Crippen molar-refractivity contribution in [2.45, 2.75) is 18.0 Å². The standard InChI is InChI=1S/C16H16N6O2S/c1-12-3-5-13(6-4-12)9-18-22-10-17-19-16(22)25-11-21-8-7-14(20-21)15(23)24-2/h3-10H,11H2,1-2H3. The van der Waals surface area contributed by atoms with Gasteiger partial charge in [0.1, 0.15) is 6.33 Å². The Morgan fingerprint density at radius 1 is 1.32 bits per heavy atom. The molecular weight excluding hydrogens is 340 g/mol. The first-order valence-corrected chi connectivity index (χ1v) is 8.40. The van der Waals surface area contributed by atoms with Crippen molar-refractivity contribution < 1.29 is 9.53 Å². The topological polar surface area (TPSA) is 87.2 Å². The largest absolute Gasteiger partial charge is 0.464 e. The molecule has 3 aromatic rings. The third-order valence-electron chi connectivity index (χ3n) is 3.27. The number of aromatic nitrogens is 5. The highest BCUT2D eigenvalue weighted by Crippen LogP contribution is 2.17. The number of esters is 1. The molecule has 0 saturated heterocycles. The number of carbonyl (C=O) groups is 1. The quantitative estimate of drug-likeness (QED) is 0.382. The third-order valence-corrected chi connectivity index (χ3v) is 4.19. The summed E-state index contributed by atoms with van der Waals surface area (Å²) >= 11 is 1.40. The first-order valence-electron chi connectivity index (χ1n) is 7.41. The van der Waals surface area contributed by atoms with Gasteiger partial charge in [-0.1, -0.05) is 41.6 Å². The molecule has 2 aromatic heterocycles. The van der Waals surface area contributed by atoms with Gasteiger partial charge in [-0.25, -0.2) is 4.79 Å². The van der Waals surface area contributed by atoms with Crippen LogP contribution in [0.25, 0.3) is 0 Å². The molecule has 9 heteroatoms. The van der Waals surface area contributed by atoms with E-state index in [1.165, 1.54) is 30.8 Å². The maximum Gasteiger partial charge on any atom is 0.358 e. The van der Waals surface area contributed by atoms with Crippen molar-refractivity contribution in [1.82, 2.24) is 24.7 Å². The Labute approximate surface area is 148 Å². The molecule has 0 radical (unpaired) electrons. The lowest BCUT2D eigenvalue weighted by Crippen LogP contribution is -2.04. The molecule has 3 rings (SSSR count). The zero-order valence-electron chi connectivity index (χ0n) is 13.7. The number of aryl methyl sites for hydroxylation is 1. The van der Waals surface area contributed by atoms with Crippen LogP contribution in [-0.4, -0.2) is 43.9 Å². The SMILES string of the molecule is COC(=O)c1ccn(CSc2nncn2N=Cc2ccc(C)cc2)n1. The predicted octanol–water partition coefficient (Wildman–Crippen LogP) is 2.20. The van der Waals surface area contributed by atoms with Crippen LogP contribution in [0, 0.1) is 6.92 Å².